The summed E-state index contributed by atoms with van der Waals surface area (Å²) in [6.07, 6.45) is 1.95. The minimum absolute atomic E-state index is 0.130. The van der Waals surface area contributed by atoms with Gasteiger partial charge < -0.3 is 10.5 Å². The van der Waals surface area contributed by atoms with E-state index in [1.807, 2.05) is 6.26 Å². The van der Waals surface area contributed by atoms with Crippen LogP contribution in [0.1, 0.15) is 6.42 Å². The topological polar surface area (TPSA) is 98.4 Å². The molecule has 8 heteroatoms. The summed E-state index contributed by atoms with van der Waals surface area (Å²) >= 11 is 1.34. The number of carbonyl (C=O) groups excluding carboxylic acids is 2. The van der Waals surface area contributed by atoms with E-state index in [9.17, 15) is 9.59 Å². The van der Waals surface area contributed by atoms with Crippen LogP contribution in [-0.4, -0.2) is 41.8 Å². The molecule has 1 unspecified atom stereocenters. The van der Waals surface area contributed by atoms with Gasteiger partial charge in [-0.2, -0.15) is 0 Å². The smallest absolute Gasteiger partial charge is 0.311 e. The van der Waals surface area contributed by atoms with Gasteiger partial charge >= 0.3 is 5.97 Å². The van der Waals surface area contributed by atoms with E-state index >= 15 is 0 Å². The van der Waals surface area contributed by atoms with E-state index in [1.54, 1.807) is 0 Å². The number of aromatic nitrogens is 2. The monoisotopic (exact) mass is 282 g/mol. The highest BCUT2D eigenvalue weighted by molar-refractivity contribution is 7.98. The number of nitrogens with zero attached hydrogens (tertiary/aromatic N) is 3. The van der Waals surface area contributed by atoms with E-state index in [0.717, 1.165) is 0 Å². The van der Waals surface area contributed by atoms with Gasteiger partial charge in [-0.15, -0.1) is 0 Å². The van der Waals surface area contributed by atoms with Crippen molar-refractivity contribution in [2.45, 2.75) is 11.6 Å². The molecule has 0 saturated carbocycles. The molecule has 1 aliphatic rings. The molecule has 2 N–H and O–H groups in total. The Bertz CT molecular complexity index is 523. The van der Waals surface area contributed by atoms with Crippen molar-refractivity contribution in [2.24, 2.45) is 5.92 Å². The third kappa shape index (κ3) is 2.78. The van der Waals surface area contributed by atoms with Crippen LogP contribution in [0.5, 0.6) is 0 Å². The predicted octanol–water partition coefficient (Wildman–Crippen LogP) is 0.307. The number of carbonyl (C=O) groups is 2. The van der Waals surface area contributed by atoms with E-state index in [2.05, 4.69) is 14.7 Å². The van der Waals surface area contributed by atoms with Crippen LogP contribution in [0.3, 0.4) is 0 Å². The molecule has 102 valence electrons. The number of hydrogen-bond donors (Lipinski definition) is 1. The molecule has 1 aromatic heterocycles. The Morgan fingerprint density at radius 3 is 2.95 bits per heavy atom. The molecule has 0 aliphatic carbocycles. The highest BCUT2D eigenvalue weighted by atomic mass is 32.2. The first kappa shape index (κ1) is 13.6. The van der Waals surface area contributed by atoms with Crippen molar-refractivity contribution in [1.29, 1.82) is 0 Å². The summed E-state index contributed by atoms with van der Waals surface area (Å²) in [4.78, 5) is 33.1. The zero-order valence-electron chi connectivity index (χ0n) is 10.6. The second kappa shape index (κ2) is 5.43. The number of methoxy groups -OCH3 is 1. The van der Waals surface area contributed by atoms with E-state index in [1.165, 1.54) is 29.8 Å². The predicted molar refractivity (Wildman–Crippen MR) is 70.7 cm³/mol. The first-order valence-electron chi connectivity index (χ1n) is 5.62. The molecule has 19 heavy (non-hydrogen) atoms. The summed E-state index contributed by atoms with van der Waals surface area (Å²) in [7, 11) is 1.31. The van der Waals surface area contributed by atoms with Gasteiger partial charge in [-0.05, 0) is 6.26 Å². The van der Waals surface area contributed by atoms with Gasteiger partial charge in [0, 0.05) is 19.0 Å². The second-order valence-electron chi connectivity index (χ2n) is 4.07. The molecule has 1 aliphatic heterocycles. The Kier molecular flexibility index (Phi) is 3.89. The lowest BCUT2D eigenvalue weighted by Crippen LogP contribution is -2.27. The SMILES string of the molecule is COC(=O)C1CC(=O)N(c2cc(N)nc(SC)n2)C1. The standard InChI is InChI=1S/C11H14N4O3S/c1-18-10(17)6-3-9(16)15(5-6)8-4-7(12)13-11(14-8)19-2/h4,6H,3,5H2,1-2H3,(H2,12,13,14). The Morgan fingerprint density at radius 2 is 2.32 bits per heavy atom. The molecule has 0 spiro atoms. The van der Waals surface area contributed by atoms with Crippen molar-refractivity contribution in [3.05, 3.63) is 6.07 Å². The summed E-state index contributed by atoms with van der Waals surface area (Å²) in [6, 6.07) is 1.53. The Labute approximate surface area is 114 Å². The van der Waals surface area contributed by atoms with Crippen LogP contribution in [0.4, 0.5) is 11.6 Å². The van der Waals surface area contributed by atoms with Crippen molar-refractivity contribution in [1.82, 2.24) is 9.97 Å². The minimum Gasteiger partial charge on any atom is -0.469 e. The molecule has 1 saturated heterocycles. The quantitative estimate of drug-likeness (QED) is 0.484. The van der Waals surface area contributed by atoms with Crippen LogP contribution in [0.25, 0.3) is 0 Å². The number of anilines is 2. The maximum absolute atomic E-state index is 11.9. The largest absolute Gasteiger partial charge is 0.469 e. The zero-order valence-corrected chi connectivity index (χ0v) is 11.4. The Balaban J connectivity index is 2.25. The highest BCUT2D eigenvalue weighted by Crippen LogP contribution is 2.26. The molecule has 0 radical (unpaired) electrons. The number of hydrogen-bond acceptors (Lipinski definition) is 7. The fourth-order valence-corrected chi connectivity index (χ4v) is 2.29. The Hall–Kier alpha value is -1.83. The van der Waals surface area contributed by atoms with E-state index in [-0.39, 0.29) is 24.8 Å². The fraction of sp³-hybridized carbons (Fsp3) is 0.455. The van der Waals surface area contributed by atoms with Crippen molar-refractivity contribution in [2.75, 3.05) is 30.5 Å². The number of nitrogen functional groups attached to an aromatic ring is 1. The van der Waals surface area contributed by atoms with Crippen LogP contribution in [-0.2, 0) is 14.3 Å². The van der Waals surface area contributed by atoms with Crippen molar-refractivity contribution < 1.29 is 14.3 Å². The average molecular weight is 282 g/mol. The molecular weight excluding hydrogens is 268 g/mol. The van der Waals surface area contributed by atoms with Gasteiger partial charge in [-0.25, -0.2) is 9.97 Å². The minimum atomic E-state index is -0.452. The molecule has 0 bridgehead atoms. The fourth-order valence-electron chi connectivity index (χ4n) is 1.91. The summed E-state index contributed by atoms with van der Waals surface area (Å²) in [5, 5.41) is 0.490. The lowest BCUT2D eigenvalue weighted by molar-refractivity contribution is -0.145. The van der Waals surface area contributed by atoms with Crippen molar-refractivity contribution >= 4 is 35.3 Å². The first-order valence-corrected chi connectivity index (χ1v) is 6.84. The zero-order chi connectivity index (χ0) is 14.0. The van der Waals surface area contributed by atoms with Gasteiger partial charge in [-0.1, -0.05) is 11.8 Å². The van der Waals surface area contributed by atoms with E-state index < -0.39 is 5.92 Å². The normalized spacial score (nSPS) is 18.7. The number of esters is 1. The molecule has 2 heterocycles. The van der Waals surface area contributed by atoms with E-state index in [4.69, 9.17) is 5.73 Å². The molecule has 1 atom stereocenters. The van der Waals surface area contributed by atoms with Crippen LogP contribution in [0, 0.1) is 5.92 Å². The van der Waals surface area contributed by atoms with Crippen LogP contribution < -0.4 is 10.6 Å². The number of rotatable bonds is 3. The second-order valence-corrected chi connectivity index (χ2v) is 4.84. The van der Waals surface area contributed by atoms with Crippen molar-refractivity contribution in [3.63, 3.8) is 0 Å². The van der Waals surface area contributed by atoms with Gasteiger partial charge in [0.1, 0.15) is 11.6 Å². The van der Waals surface area contributed by atoms with Gasteiger partial charge in [0.05, 0.1) is 13.0 Å². The molecule has 0 aromatic carbocycles. The van der Waals surface area contributed by atoms with Gasteiger partial charge in [0.2, 0.25) is 5.91 Å². The summed E-state index contributed by atoms with van der Waals surface area (Å²) in [6.45, 7) is 0.260. The molecule has 1 fully saturated rings. The maximum Gasteiger partial charge on any atom is 0.311 e. The number of nitrogens with two attached hydrogens (primary N) is 1. The number of ether oxygens (including phenoxy) is 1. The lowest BCUT2D eigenvalue weighted by atomic mass is 10.1. The number of thioether (sulfide) groups is 1. The molecule has 2 rings (SSSR count). The van der Waals surface area contributed by atoms with Gasteiger partial charge in [-0.3, -0.25) is 14.5 Å². The third-order valence-electron chi connectivity index (χ3n) is 2.83. The van der Waals surface area contributed by atoms with Crippen LogP contribution >= 0.6 is 11.8 Å². The van der Waals surface area contributed by atoms with Crippen LogP contribution in [0.2, 0.25) is 0 Å². The molecule has 1 amide bonds. The van der Waals surface area contributed by atoms with Gasteiger partial charge in [0.25, 0.3) is 0 Å². The summed E-state index contributed by atoms with van der Waals surface area (Å²) < 4.78 is 4.66. The number of amides is 1. The molecular formula is C11H14N4O3S. The highest BCUT2D eigenvalue weighted by Gasteiger charge is 2.36. The average Bonchev–Trinajstić information content (AvgIpc) is 2.79. The maximum atomic E-state index is 11.9. The molecule has 1 aromatic rings. The van der Waals surface area contributed by atoms with Gasteiger partial charge in [0.15, 0.2) is 5.16 Å². The Morgan fingerprint density at radius 1 is 1.58 bits per heavy atom. The summed E-state index contributed by atoms with van der Waals surface area (Å²) in [5.74, 6) is -0.285. The third-order valence-corrected chi connectivity index (χ3v) is 3.38. The molecule has 7 nitrogen and oxygen atoms in total. The van der Waals surface area contributed by atoms with E-state index in [0.29, 0.717) is 16.8 Å². The van der Waals surface area contributed by atoms with Crippen molar-refractivity contribution in [3.8, 4) is 0 Å². The lowest BCUT2D eigenvalue weighted by Gasteiger charge is -2.16. The summed E-state index contributed by atoms with van der Waals surface area (Å²) in [5.41, 5.74) is 5.67. The first-order chi connectivity index (χ1) is 9.05. The van der Waals surface area contributed by atoms with Crippen LogP contribution in [0.15, 0.2) is 11.2 Å².